The molecule has 0 amide bonds. The number of likely N-dealkylation sites (tertiary alicyclic amines) is 1. The van der Waals surface area contributed by atoms with Crippen LogP contribution in [-0.4, -0.2) is 44.5 Å². The number of benzene rings is 1. The molecule has 1 saturated carbocycles. The molecule has 1 saturated heterocycles. The van der Waals surface area contributed by atoms with Gasteiger partial charge in [0.05, 0.1) is 4.90 Å². The van der Waals surface area contributed by atoms with E-state index < -0.39 is 10.0 Å². The van der Waals surface area contributed by atoms with Crippen LogP contribution in [0.5, 0.6) is 0 Å². The maximum absolute atomic E-state index is 12.6. The maximum atomic E-state index is 12.6. The number of hydrogen-bond acceptors (Lipinski definition) is 4. The second-order valence-corrected chi connectivity index (χ2v) is 9.42. The van der Waals surface area contributed by atoms with Crippen LogP contribution in [0, 0.1) is 0 Å². The van der Waals surface area contributed by atoms with Crippen molar-refractivity contribution in [1.82, 2.24) is 14.9 Å². The van der Waals surface area contributed by atoms with Crippen LogP contribution in [-0.2, 0) is 16.6 Å². The Balaban J connectivity index is 1.55. The van der Waals surface area contributed by atoms with Crippen LogP contribution in [0.3, 0.4) is 0 Å². The predicted molar refractivity (Wildman–Crippen MR) is 101 cm³/mol. The summed E-state index contributed by atoms with van der Waals surface area (Å²) in [5.41, 5.74) is 1.14. The van der Waals surface area contributed by atoms with E-state index in [2.05, 4.69) is 28.8 Å². The van der Waals surface area contributed by atoms with Gasteiger partial charge in [-0.2, -0.15) is 0 Å². The average molecular weight is 366 g/mol. The minimum atomic E-state index is -3.44. The Morgan fingerprint density at radius 3 is 2.36 bits per heavy atom. The highest BCUT2D eigenvalue weighted by Gasteiger charge is 2.28. The highest BCUT2D eigenvalue weighted by molar-refractivity contribution is 7.89. The number of hydrogen-bond donors (Lipinski definition) is 2. The molecule has 1 aromatic carbocycles. The smallest absolute Gasteiger partial charge is 0.240 e. The quantitative estimate of drug-likeness (QED) is 0.779. The van der Waals surface area contributed by atoms with Crippen LogP contribution in [0.2, 0.25) is 0 Å². The second-order valence-electron chi connectivity index (χ2n) is 7.70. The van der Waals surface area contributed by atoms with Gasteiger partial charge in [-0.25, -0.2) is 13.1 Å². The molecule has 0 unspecified atom stereocenters. The second kappa shape index (κ2) is 8.16. The Kier molecular flexibility index (Phi) is 6.15. The largest absolute Gasteiger partial charge is 0.310 e. The molecule has 1 aliphatic heterocycles. The highest BCUT2D eigenvalue weighted by Crippen LogP contribution is 2.19. The molecule has 1 heterocycles. The van der Waals surface area contributed by atoms with Crippen LogP contribution in [0.15, 0.2) is 29.2 Å². The van der Waals surface area contributed by atoms with Crippen molar-refractivity contribution in [2.24, 2.45) is 0 Å². The Bertz CT molecular complexity index is 652. The van der Waals surface area contributed by atoms with E-state index in [0.29, 0.717) is 17.0 Å². The average Bonchev–Trinajstić information content (AvgIpc) is 3.24. The van der Waals surface area contributed by atoms with Crippen molar-refractivity contribution in [1.29, 1.82) is 0 Å². The monoisotopic (exact) mass is 365 g/mol. The molecule has 2 fully saturated rings. The molecule has 0 aromatic heterocycles. The van der Waals surface area contributed by atoms with Gasteiger partial charge in [0, 0.05) is 37.8 Å². The first kappa shape index (κ1) is 18.8. The summed E-state index contributed by atoms with van der Waals surface area (Å²) in [4.78, 5) is 2.67. The molecule has 3 rings (SSSR count). The van der Waals surface area contributed by atoms with Crippen LogP contribution < -0.4 is 10.0 Å². The van der Waals surface area contributed by atoms with Crippen LogP contribution in [0.25, 0.3) is 0 Å². The van der Waals surface area contributed by atoms with Crippen molar-refractivity contribution in [3.05, 3.63) is 29.8 Å². The van der Waals surface area contributed by atoms with Gasteiger partial charge in [-0.1, -0.05) is 25.0 Å². The summed E-state index contributed by atoms with van der Waals surface area (Å²) in [6.07, 6.45) is 6.02. The topological polar surface area (TPSA) is 61.4 Å². The molecular weight excluding hydrogens is 334 g/mol. The summed E-state index contributed by atoms with van der Waals surface area (Å²) in [7, 11) is -3.44. The van der Waals surface area contributed by atoms with Gasteiger partial charge < -0.3 is 5.32 Å². The van der Waals surface area contributed by atoms with E-state index in [9.17, 15) is 8.42 Å². The molecular formula is C19H31N3O2S. The van der Waals surface area contributed by atoms with Crippen molar-refractivity contribution >= 4 is 10.0 Å². The van der Waals surface area contributed by atoms with Gasteiger partial charge in [-0.3, -0.25) is 4.90 Å². The summed E-state index contributed by atoms with van der Waals surface area (Å²) >= 11 is 0. The van der Waals surface area contributed by atoms with Gasteiger partial charge in [0.1, 0.15) is 0 Å². The van der Waals surface area contributed by atoms with Gasteiger partial charge in [-0.15, -0.1) is 0 Å². The lowest BCUT2D eigenvalue weighted by atomic mass is 10.2. The fourth-order valence-corrected chi connectivity index (χ4v) is 5.08. The lowest BCUT2D eigenvalue weighted by Gasteiger charge is -2.20. The van der Waals surface area contributed by atoms with E-state index >= 15 is 0 Å². The molecule has 0 spiro atoms. The van der Waals surface area contributed by atoms with Crippen molar-refractivity contribution in [2.75, 3.05) is 13.1 Å². The van der Waals surface area contributed by atoms with Crippen LogP contribution in [0.1, 0.15) is 51.5 Å². The van der Waals surface area contributed by atoms with Crippen LogP contribution in [0.4, 0.5) is 0 Å². The van der Waals surface area contributed by atoms with Gasteiger partial charge in [0.25, 0.3) is 0 Å². The first-order chi connectivity index (χ1) is 11.9. The van der Waals surface area contributed by atoms with Gasteiger partial charge >= 0.3 is 0 Å². The lowest BCUT2D eigenvalue weighted by Crippen LogP contribution is -2.38. The SMILES string of the molecule is CC(C)N1CC[C@@H](NS(=O)(=O)c2ccc(CNC3CCCC3)cc2)C1. The minimum absolute atomic E-state index is 0.0103. The van der Waals surface area contributed by atoms with E-state index in [4.69, 9.17) is 0 Å². The summed E-state index contributed by atoms with van der Waals surface area (Å²) in [5.74, 6) is 0. The van der Waals surface area contributed by atoms with Gasteiger partial charge in [0.15, 0.2) is 0 Å². The number of sulfonamides is 1. The highest BCUT2D eigenvalue weighted by atomic mass is 32.2. The zero-order valence-corrected chi connectivity index (χ0v) is 16.2. The molecule has 2 N–H and O–H groups in total. The first-order valence-electron chi connectivity index (χ1n) is 9.53. The maximum Gasteiger partial charge on any atom is 0.240 e. The summed E-state index contributed by atoms with van der Waals surface area (Å²) in [5, 5.41) is 3.56. The van der Waals surface area contributed by atoms with Crippen molar-refractivity contribution in [3.8, 4) is 0 Å². The molecule has 1 aliphatic carbocycles. The summed E-state index contributed by atoms with van der Waals surface area (Å²) < 4.78 is 28.1. The molecule has 140 valence electrons. The summed E-state index contributed by atoms with van der Waals surface area (Å²) in [6.45, 7) is 6.85. The molecule has 0 bridgehead atoms. The van der Waals surface area contributed by atoms with E-state index in [-0.39, 0.29) is 6.04 Å². The Morgan fingerprint density at radius 2 is 1.76 bits per heavy atom. The van der Waals surface area contributed by atoms with E-state index in [0.717, 1.165) is 31.6 Å². The lowest BCUT2D eigenvalue weighted by molar-refractivity contribution is 0.271. The van der Waals surface area contributed by atoms with E-state index in [1.807, 2.05) is 12.1 Å². The normalized spacial score (nSPS) is 22.9. The summed E-state index contributed by atoms with van der Waals surface area (Å²) in [6, 6.07) is 8.39. The third kappa shape index (κ3) is 5.03. The molecule has 2 aliphatic rings. The number of rotatable bonds is 7. The molecule has 1 aromatic rings. The van der Waals surface area contributed by atoms with Gasteiger partial charge in [-0.05, 0) is 50.8 Å². The third-order valence-electron chi connectivity index (χ3n) is 5.46. The third-order valence-corrected chi connectivity index (χ3v) is 6.99. The van der Waals surface area contributed by atoms with Crippen molar-refractivity contribution < 1.29 is 8.42 Å². The number of nitrogens with one attached hydrogen (secondary N) is 2. The molecule has 5 nitrogen and oxygen atoms in total. The van der Waals surface area contributed by atoms with E-state index in [1.54, 1.807) is 12.1 Å². The minimum Gasteiger partial charge on any atom is -0.310 e. The van der Waals surface area contributed by atoms with Gasteiger partial charge in [0.2, 0.25) is 10.0 Å². The zero-order chi connectivity index (χ0) is 17.9. The van der Waals surface area contributed by atoms with Crippen molar-refractivity contribution in [3.63, 3.8) is 0 Å². The molecule has 25 heavy (non-hydrogen) atoms. The Morgan fingerprint density at radius 1 is 1.08 bits per heavy atom. The molecule has 6 heteroatoms. The Labute approximate surface area is 152 Å². The first-order valence-corrected chi connectivity index (χ1v) is 11.0. The predicted octanol–water partition coefficient (Wildman–Crippen LogP) is 2.48. The fourth-order valence-electron chi connectivity index (χ4n) is 3.82. The van der Waals surface area contributed by atoms with E-state index in [1.165, 1.54) is 25.7 Å². The number of nitrogens with zero attached hydrogens (tertiary/aromatic N) is 1. The zero-order valence-electron chi connectivity index (χ0n) is 15.4. The molecule has 0 radical (unpaired) electrons. The molecule has 1 atom stereocenters. The standard InChI is InChI=1S/C19H31N3O2S/c1-15(2)22-12-11-18(14-22)21-25(23,24)19-9-7-16(8-10-19)13-20-17-5-3-4-6-17/h7-10,15,17-18,20-21H,3-6,11-14H2,1-2H3/t18-/m1/s1. The van der Waals surface area contributed by atoms with Crippen molar-refractivity contribution in [2.45, 2.75) is 75.5 Å². The van der Waals surface area contributed by atoms with Crippen LogP contribution >= 0.6 is 0 Å². The fraction of sp³-hybridized carbons (Fsp3) is 0.684. The Hall–Kier alpha value is -0.950.